The lowest BCUT2D eigenvalue weighted by Crippen LogP contribution is -2.31. The predicted octanol–water partition coefficient (Wildman–Crippen LogP) is 3.69. The van der Waals surface area contributed by atoms with Gasteiger partial charge in [0.2, 0.25) is 0 Å². The van der Waals surface area contributed by atoms with Crippen molar-refractivity contribution in [2.75, 3.05) is 12.4 Å². The van der Waals surface area contributed by atoms with Crippen molar-refractivity contribution in [2.24, 2.45) is 0 Å². The number of fused-ring (bicyclic) bond motifs is 1. The lowest BCUT2D eigenvalue weighted by molar-refractivity contribution is 0.231. The van der Waals surface area contributed by atoms with E-state index in [9.17, 15) is 9.50 Å². The third-order valence-corrected chi connectivity index (χ3v) is 4.97. The molecule has 2 unspecified atom stereocenters. The van der Waals surface area contributed by atoms with E-state index in [0.29, 0.717) is 0 Å². The number of hydrogen-bond donors (Lipinski definition) is 2. The Bertz CT molecular complexity index is 605. The molecule has 0 aliphatic carbocycles. The second kappa shape index (κ2) is 6.60. The molecule has 0 spiro atoms. The molecule has 3 rings (SSSR count). The van der Waals surface area contributed by atoms with Gasteiger partial charge in [0.1, 0.15) is 5.82 Å². The van der Waals surface area contributed by atoms with Crippen molar-refractivity contribution in [3.8, 4) is 0 Å². The molecule has 2 aromatic rings. The standard InChI is InChI=1S/C17H18FNOS/c18-14-8-4-7-13-15(9-10-21-17(13)14)19-16(11-20)12-5-2-1-3-6-12/h1-8,15-16,19-20H,9-11H2. The van der Waals surface area contributed by atoms with Crippen molar-refractivity contribution in [2.45, 2.75) is 23.4 Å². The van der Waals surface area contributed by atoms with Crippen LogP contribution in [0.1, 0.15) is 29.6 Å². The van der Waals surface area contributed by atoms with E-state index in [1.165, 1.54) is 6.07 Å². The zero-order chi connectivity index (χ0) is 14.7. The van der Waals surface area contributed by atoms with E-state index < -0.39 is 0 Å². The van der Waals surface area contributed by atoms with Gasteiger partial charge in [-0.05, 0) is 29.4 Å². The van der Waals surface area contributed by atoms with Gasteiger partial charge < -0.3 is 10.4 Å². The van der Waals surface area contributed by atoms with Crippen LogP contribution in [-0.4, -0.2) is 17.5 Å². The van der Waals surface area contributed by atoms with Gasteiger partial charge in [-0.2, -0.15) is 0 Å². The van der Waals surface area contributed by atoms with Crippen LogP contribution >= 0.6 is 11.8 Å². The molecule has 2 nitrogen and oxygen atoms in total. The summed E-state index contributed by atoms with van der Waals surface area (Å²) in [5.74, 6) is 0.739. The second-order valence-electron chi connectivity index (χ2n) is 5.16. The number of hydrogen-bond acceptors (Lipinski definition) is 3. The zero-order valence-electron chi connectivity index (χ0n) is 11.6. The van der Waals surface area contributed by atoms with Crippen LogP contribution in [-0.2, 0) is 0 Å². The molecule has 0 aromatic heterocycles. The van der Waals surface area contributed by atoms with Crippen molar-refractivity contribution in [1.29, 1.82) is 0 Å². The average Bonchev–Trinajstić information content (AvgIpc) is 2.54. The second-order valence-corrected chi connectivity index (χ2v) is 6.27. The van der Waals surface area contributed by atoms with E-state index in [1.807, 2.05) is 36.4 Å². The van der Waals surface area contributed by atoms with E-state index in [4.69, 9.17) is 0 Å². The molecule has 1 aliphatic heterocycles. The van der Waals surface area contributed by atoms with E-state index in [2.05, 4.69) is 5.32 Å². The van der Waals surface area contributed by atoms with Crippen molar-refractivity contribution in [3.63, 3.8) is 0 Å². The summed E-state index contributed by atoms with van der Waals surface area (Å²) >= 11 is 1.57. The molecule has 0 saturated carbocycles. The van der Waals surface area contributed by atoms with Crippen molar-refractivity contribution >= 4 is 11.8 Å². The van der Waals surface area contributed by atoms with Crippen LogP contribution in [0.25, 0.3) is 0 Å². The number of aliphatic hydroxyl groups excluding tert-OH is 1. The number of benzene rings is 2. The number of halogens is 1. The highest BCUT2D eigenvalue weighted by Crippen LogP contribution is 2.38. The van der Waals surface area contributed by atoms with Gasteiger partial charge in [0.15, 0.2) is 0 Å². The monoisotopic (exact) mass is 303 g/mol. The first-order valence-corrected chi connectivity index (χ1v) is 8.11. The van der Waals surface area contributed by atoms with Crippen LogP contribution in [0.3, 0.4) is 0 Å². The Hall–Kier alpha value is -1.36. The highest BCUT2D eigenvalue weighted by molar-refractivity contribution is 7.99. The summed E-state index contributed by atoms with van der Waals surface area (Å²) in [6.45, 7) is 0.0261. The average molecular weight is 303 g/mol. The number of nitrogens with one attached hydrogen (secondary N) is 1. The predicted molar refractivity (Wildman–Crippen MR) is 83.9 cm³/mol. The summed E-state index contributed by atoms with van der Waals surface area (Å²) < 4.78 is 13.9. The van der Waals surface area contributed by atoms with Gasteiger partial charge in [-0.3, -0.25) is 0 Å². The highest BCUT2D eigenvalue weighted by Gasteiger charge is 2.25. The molecule has 1 aliphatic rings. The summed E-state index contributed by atoms with van der Waals surface area (Å²) in [7, 11) is 0. The molecule has 2 N–H and O–H groups in total. The van der Waals surface area contributed by atoms with Gasteiger partial charge in [-0.25, -0.2) is 4.39 Å². The first kappa shape index (κ1) is 14.6. The summed E-state index contributed by atoms with van der Waals surface area (Å²) in [4.78, 5) is 0.742. The Kier molecular flexibility index (Phi) is 4.58. The van der Waals surface area contributed by atoms with Gasteiger partial charge in [0.25, 0.3) is 0 Å². The van der Waals surface area contributed by atoms with E-state index in [1.54, 1.807) is 17.8 Å². The fourth-order valence-corrected chi connectivity index (χ4v) is 3.88. The quantitative estimate of drug-likeness (QED) is 0.903. The maximum Gasteiger partial charge on any atom is 0.137 e. The first-order chi connectivity index (χ1) is 10.3. The molecule has 1 heterocycles. The number of aliphatic hydroxyl groups is 1. The number of thioether (sulfide) groups is 1. The van der Waals surface area contributed by atoms with Gasteiger partial charge in [-0.1, -0.05) is 42.5 Å². The first-order valence-electron chi connectivity index (χ1n) is 7.12. The summed E-state index contributed by atoms with van der Waals surface area (Å²) in [6, 6.07) is 15.1. The fraction of sp³-hybridized carbons (Fsp3) is 0.294. The molecule has 2 atom stereocenters. The molecule has 21 heavy (non-hydrogen) atoms. The third kappa shape index (κ3) is 3.12. The van der Waals surface area contributed by atoms with Crippen molar-refractivity contribution in [3.05, 3.63) is 65.5 Å². The van der Waals surface area contributed by atoms with E-state index in [-0.39, 0.29) is 24.5 Å². The molecule has 0 radical (unpaired) electrons. The molecule has 0 bridgehead atoms. The number of rotatable bonds is 4. The van der Waals surface area contributed by atoms with Crippen LogP contribution in [0.4, 0.5) is 4.39 Å². The molecule has 0 saturated heterocycles. The third-order valence-electron chi connectivity index (χ3n) is 3.81. The van der Waals surface area contributed by atoms with Crippen LogP contribution in [0.2, 0.25) is 0 Å². The Morgan fingerprint density at radius 3 is 2.76 bits per heavy atom. The van der Waals surface area contributed by atoms with Crippen molar-refractivity contribution in [1.82, 2.24) is 5.32 Å². The van der Waals surface area contributed by atoms with Crippen LogP contribution in [0.5, 0.6) is 0 Å². The molecule has 2 aromatic carbocycles. The Morgan fingerprint density at radius 1 is 1.19 bits per heavy atom. The van der Waals surface area contributed by atoms with Crippen molar-refractivity contribution < 1.29 is 9.50 Å². The molecular formula is C17H18FNOS. The SMILES string of the molecule is OCC(NC1CCSc2c(F)cccc21)c1ccccc1. The summed E-state index contributed by atoms with van der Waals surface area (Å²) in [6.07, 6.45) is 0.935. The summed E-state index contributed by atoms with van der Waals surface area (Å²) in [5, 5.41) is 13.1. The minimum atomic E-state index is -0.149. The molecular weight excluding hydrogens is 285 g/mol. The van der Waals surface area contributed by atoms with E-state index in [0.717, 1.165) is 28.2 Å². The largest absolute Gasteiger partial charge is 0.394 e. The van der Waals surface area contributed by atoms with Crippen LogP contribution in [0.15, 0.2) is 53.4 Å². The molecule has 110 valence electrons. The molecule has 0 fully saturated rings. The Labute approximate surface area is 128 Å². The Morgan fingerprint density at radius 2 is 2.00 bits per heavy atom. The maximum absolute atomic E-state index is 13.9. The topological polar surface area (TPSA) is 32.3 Å². The van der Waals surface area contributed by atoms with E-state index >= 15 is 0 Å². The lowest BCUT2D eigenvalue weighted by atomic mass is 10.00. The maximum atomic E-state index is 13.9. The summed E-state index contributed by atoms with van der Waals surface area (Å²) in [5.41, 5.74) is 2.05. The van der Waals surface area contributed by atoms with Gasteiger partial charge >= 0.3 is 0 Å². The highest BCUT2D eigenvalue weighted by atomic mass is 32.2. The normalized spacial score (nSPS) is 19.0. The fourth-order valence-electron chi connectivity index (χ4n) is 2.74. The van der Waals surface area contributed by atoms with Crippen LogP contribution in [0, 0.1) is 5.82 Å². The zero-order valence-corrected chi connectivity index (χ0v) is 12.4. The molecule has 4 heteroatoms. The van der Waals surface area contributed by atoms with Crippen LogP contribution < -0.4 is 5.32 Å². The minimum absolute atomic E-state index is 0.0261. The van der Waals surface area contributed by atoms with Gasteiger partial charge in [0.05, 0.1) is 12.6 Å². The minimum Gasteiger partial charge on any atom is -0.394 e. The van der Waals surface area contributed by atoms with Gasteiger partial charge in [0, 0.05) is 10.9 Å². The molecule has 0 amide bonds. The van der Waals surface area contributed by atoms with Gasteiger partial charge in [-0.15, -0.1) is 11.8 Å². The Balaban J connectivity index is 1.84. The lowest BCUT2D eigenvalue weighted by Gasteiger charge is -2.30. The smallest absolute Gasteiger partial charge is 0.137 e.